The van der Waals surface area contributed by atoms with E-state index in [9.17, 15) is 4.79 Å². The highest BCUT2D eigenvalue weighted by Gasteiger charge is 2.22. The number of aromatic nitrogens is 1. The van der Waals surface area contributed by atoms with E-state index in [4.69, 9.17) is 4.74 Å². The molecule has 0 unspecified atom stereocenters. The summed E-state index contributed by atoms with van der Waals surface area (Å²) in [7, 11) is 0. The van der Waals surface area contributed by atoms with E-state index < -0.39 is 0 Å². The fraction of sp³-hybridized carbons (Fsp3) is 0.238. The van der Waals surface area contributed by atoms with Crippen molar-refractivity contribution < 1.29 is 9.53 Å². The molecule has 0 radical (unpaired) electrons. The highest BCUT2D eigenvalue weighted by atomic mass is 32.1. The lowest BCUT2D eigenvalue weighted by atomic mass is 10.2. The maximum atomic E-state index is 12.7. The Balaban J connectivity index is 1.32. The number of amides is 1. The molecule has 1 amide bonds. The summed E-state index contributed by atoms with van der Waals surface area (Å²) >= 11 is 1.78. The molecule has 0 N–H and O–H groups in total. The van der Waals surface area contributed by atoms with Gasteiger partial charge in [0.25, 0.3) is 5.91 Å². The number of para-hydroxylation sites is 1. The van der Waals surface area contributed by atoms with Crippen LogP contribution in [0.15, 0.2) is 66.2 Å². The lowest BCUT2D eigenvalue weighted by molar-refractivity contribution is 0.0629. The Morgan fingerprint density at radius 3 is 2.48 bits per heavy atom. The molecule has 27 heavy (non-hydrogen) atoms. The van der Waals surface area contributed by atoms with Gasteiger partial charge in [0.05, 0.1) is 5.56 Å². The van der Waals surface area contributed by atoms with E-state index in [1.54, 1.807) is 29.7 Å². The summed E-state index contributed by atoms with van der Waals surface area (Å²) in [5.41, 5.74) is 0.599. The van der Waals surface area contributed by atoms with E-state index in [0.717, 1.165) is 38.5 Å². The van der Waals surface area contributed by atoms with Gasteiger partial charge in [0.2, 0.25) is 5.88 Å². The summed E-state index contributed by atoms with van der Waals surface area (Å²) in [5.74, 6) is 1.24. The zero-order valence-electron chi connectivity index (χ0n) is 15.0. The molecule has 0 atom stereocenters. The number of hydrogen-bond donors (Lipinski definition) is 0. The van der Waals surface area contributed by atoms with Crippen molar-refractivity contribution in [2.45, 2.75) is 6.54 Å². The molecule has 0 aliphatic carbocycles. The van der Waals surface area contributed by atoms with Crippen molar-refractivity contribution in [1.29, 1.82) is 0 Å². The maximum absolute atomic E-state index is 12.7. The summed E-state index contributed by atoms with van der Waals surface area (Å²) in [6.45, 7) is 4.24. The van der Waals surface area contributed by atoms with Crippen LogP contribution in [0.4, 0.5) is 0 Å². The van der Waals surface area contributed by atoms with Gasteiger partial charge in [-0.05, 0) is 29.6 Å². The molecule has 2 aromatic heterocycles. The van der Waals surface area contributed by atoms with Crippen LogP contribution >= 0.6 is 11.3 Å². The lowest BCUT2D eigenvalue weighted by Crippen LogP contribution is -2.48. The molecular formula is C21H21N3O2S. The molecule has 3 aromatic rings. The van der Waals surface area contributed by atoms with Gasteiger partial charge in [0.1, 0.15) is 5.75 Å². The zero-order chi connectivity index (χ0) is 18.5. The second-order valence-electron chi connectivity index (χ2n) is 6.45. The quantitative estimate of drug-likeness (QED) is 0.675. The van der Waals surface area contributed by atoms with Gasteiger partial charge in [-0.15, -0.1) is 11.3 Å². The third-order valence-corrected chi connectivity index (χ3v) is 5.43. The van der Waals surface area contributed by atoms with E-state index in [2.05, 4.69) is 27.4 Å². The molecule has 5 nitrogen and oxygen atoms in total. The lowest BCUT2D eigenvalue weighted by Gasteiger charge is -2.34. The molecule has 4 rings (SSSR count). The molecule has 3 heterocycles. The number of carbonyl (C=O) groups is 1. The molecule has 6 heteroatoms. The van der Waals surface area contributed by atoms with Gasteiger partial charge in [-0.25, -0.2) is 4.98 Å². The molecular weight excluding hydrogens is 358 g/mol. The number of thiophene rings is 1. The summed E-state index contributed by atoms with van der Waals surface area (Å²) in [6, 6.07) is 17.3. The van der Waals surface area contributed by atoms with E-state index in [0.29, 0.717) is 11.4 Å². The second-order valence-corrected chi connectivity index (χ2v) is 7.48. The second kappa shape index (κ2) is 8.33. The van der Waals surface area contributed by atoms with Gasteiger partial charge in [-0.1, -0.05) is 24.3 Å². The average molecular weight is 379 g/mol. The van der Waals surface area contributed by atoms with E-state index in [1.165, 1.54) is 4.88 Å². The Hall–Kier alpha value is -2.70. The van der Waals surface area contributed by atoms with E-state index in [-0.39, 0.29) is 5.91 Å². The highest BCUT2D eigenvalue weighted by molar-refractivity contribution is 7.09. The number of pyridine rings is 1. The maximum Gasteiger partial charge on any atom is 0.255 e. The molecule has 1 fully saturated rings. The third kappa shape index (κ3) is 4.53. The minimum atomic E-state index is 0.0320. The SMILES string of the molecule is O=C(c1ccc(Oc2ccccc2)nc1)N1CCN(Cc2cccs2)CC1. The van der Waals surface area contributed by atoms with E-state index >= 15 is 0 Å². The first-order chi connectivity index (χ1) is 13.3. The predicted molar refractivity (Wildman–Crippen MR) is 106 cm³/mol. The molecule has 1 aliphatic rings. The highest BCUT2D eigenvalue weighted by Crippen LogP contribution is 2.19. The molecule has 1 saturated heterocycles. The Morgan fingerprint density at radius 1 is 1.00 bits per heavy atom. The van der Waals surface area contributed by atoms with Gasteiger partial charge >= 0.3 is 0 Å². The van der Waals surface area contributed by atoms with Crippen LogP contribution in [0.1, 0.15) is 15.2 Å². The number of ether oxygens (including phenoxy) is 1. The number of piperazine rings is 1. The van der Waals surface area contributed by atoms with Crippen molar-refractivity contribution in [2.75, 3.05) is 26.2 Å². The normalized spacial score (nSPS) is 14.9. The molecule has 0 saturated carbocycles. The number of benzene rings is 1. The number of carbonyl (C=O) groups excluding carboxylic acids is 1. The molecule has 138 valence electrons. The van der Waals surface area contributed by atoms with Crippen LogP contribution < -0.4 is 4.74 Å². The van der Waals surface area contributed by atoms with Gasteiger partial charge in [-0.2, -0.15) is 0 Å². The smallest absolute Gasteiger partial charge is 0.255 e. The minimum Gasteiger partial charge on any atom is -0.439 e. The first-order valence-corrected chi connectivity index (χ1v) is 9.89. The van der Waals surface area contributed by atoms with Gasteiger partial charge in [0.15, 0.2) is 0 Å². The Kier molecular flexibility index (Phi) is 5.46. The van der Waals surface area contributed by atoms with Crippen LogP contribution in [0, 0.1) is 0 Å². The number of nitrogens with zero attached hydrogens (tertiary/aromatic N) is 3. The van der Waals surface area contributed by atoms with Crippen molar-refractivity contribution in [3.63, 3.8) is 0 Å². The summed E-state index contributed by atoms with van der Waals surface area (Å²) in [4.78, 5) is 22.7. The van der Waals surface area contributed by atoms with Crippen molar-refractivity contribution in [1.82, 2.24) is 14.8 Å². The van der Waals surface area contributed by atoms with Crippen LogP contribution in [0.2, 0.25) is 0 Å². The summed E-state index contributed by atoms with van der Waals surface area (Å²) in [6.07, 6.45) is 1.60. The van der Waals surface area contributed by atoms with Crippen LogP contribution in [0.5, 0.6) is 11.6 Å². The third-order valence-electron chi connectivity index (χ3n) is 4.57. The molecule has 0 spiro atoms. The fourth-order valence-electron chi connectivity index (χ4n) is 3.09. The minimum absolute atomic E-state index is 0.0320. The Labute approximate surface area is 162 Å². The van der Waals surface area contributed by atoms with Crippen LogP contribution in [0.3, 0.4) is 0 Å². The van der Waals surface area contributed by atoms with Crippen molar-refractivity contribution in [3.8, 4) is 11.6 Å². The van der Waals surface area contributed by atoms with E-state index in [1.807, 2.05) is 35.2 Å². The van der Waals surface area contributed by atoms with Crippen LogP contribution in [-0.2, 0) is 6.54 Å². The predicted octanol–water partition coefficient (Wildman–Crippen LogP) is 3.89. The standard InChI is InChI=1S/C21H21N3O2S/c25-21(24-12-10-23(11-13-24)16-19-7-4-14-27-19)17-8-9-20(22-15-17)26-18-5-2-1-3-6-18/h1-9,14-15H,10-13,16H2. The monoisotopic (exact) mass is 379 g/mol. The zero-order valence-corrected chi connectivity index (χ0v) is 15.8. The van der Waals surface area contributed by atoms with Gasteiger partial charge < -0.3 is 9.64 Å². The average Bonchev–Trinajstić information content (AvgIpc) is 3.22. The molecule has 0 bridgehead atoms. The van der Waals surface area contributed by atoms with Crippen LogP contribution in [-0.4, -0.2) is 46.9 Å². The van der Waals surface area contributed by atoms with Gasteiger partial charge in [0, 0.05) is 49.9 Å². The molecule has 1 aliphatic heterocycles. The Bertz CT molecular complexity index is 858. The van der Waals surface area contributed by atoms with Gasteiger partial charge in [-0.3, -0.25) is 9.69 Å². The largest absolute Gasteiger partial charge is 0.439 e. The summed E-state index contributed by atoms with van der Waals surface area (Å²) < 4.78 is 5.68. The molecule has 1 aromatic carbocycles. The number of hydrogen-bond acceptors (Lipinski definition) is 5. The van der Waals surface area contributed by atoms with Crippen molar-refractivity contribution in [3.05, 3.63) is 76.6 Å². The first-order valence-electron chi connectivity index (χ1n) is 9.01. The topological polar surface area (TPSA) is 45.7 Å². The summed E-state index contributed by atoms with van der Waals surface area (Å²) in [5, 5.41) is 2.10. The number of rotatable bonds is 5. The first kappa shape index (κ1) is 17.7. The van der Waals surface area contributed by atoms with Crippen LogP contribution in [0.25, 0.3) is 0 Å². The van der Waals surface area contributed by atoms with Crippen molar-refractivity contribution >= 4 is 17.2 Å². The fourth-order valence-corrected chi connectivity index (χ4v) is 3.84. The van der Waals surface area contributed by atoms with Crippen molar-refractivity contribution in [2.24, 2.45) is 0 Å². The Morgan fingerprint density at radius 2 is 1.81 bits per heavy atom.